The monoisotopic (exact) mass is 460 g/mol. The second-order valence-electron chi connectivity index (χ2n) is 8.01. The van der Waals surface area contributed by atoms with Gasteiger partial charge < -0.3 is 15.1 Å². The van der Waals surface area contributed by atoms with E-state index < -0.39 is 0 Å². The van der Waals surface area contributed by atoms with Crippen molar-refractivity contribution in [3.63, 3.8) is 0 Å². The van der Waals surface area contributed by atoms with E-state index in [1.54, 1.807) is 12.3 Å². The number of furan rings is 1. The van der Waals surface area contributed by atoms with Crippen LogP contribution in [0.2, 0.25) is 0 Å². The predicted octanol–water partition coefficient (Wildman–Crippen LogP) is 6.24. The van der Waals surface area contributed by atoms with Gasteiger partial charge in [0.2, 0.25) is 5.76 Å². The van der Waals surface area contributed by atoms with E-state index in [-0.39, 0.29) is 0 Å². The van der Waals surface area contributed by atoms with Crippen molar-refractivity contribution in [2.24, 2.45) is 11.8 Å². The van der Waals surface area contributed by atoms with Crippen LogP contribution in [0, 0.1) is 23.2 Å². The topological polar surface area (TPSA) is 73.9 Å². The summed E-state index contributed by atoms with van der Waals surface area (Å²) in [7, 11) is 0. The van der Waals surface area contributed by atoms with Crippen molar-refractivity contribution in [3.05, 3.63) is 22.5 Å². The van der Waals surface area contributed by atoms with Gasteiger partial charge in [0.25, 0.3) is 0 Å². The Bertz CT molecular complexity index is 802. The Morgan fingerprint density at radius 1 is 1.10 bits per heavy atom. The van der Waals surface area contributed by atoms with Crippen molar-refractivity contribution in [3.8, 4) is 6.07 Å². The third-order valence-corrected chi connectivity index (χ3v) is 7.00. The van der Waals surface area contributed by atoms with E-state index in [1.807, 2.05) is 19.9 Å². The third-order valence-electron chi connectivity index (χ3n) is 6.20. The van der Waals surface area contributed by atoms with Gasteiger partial charge in [0.05, 0.1) is 10.7 Å². The van der Waals surface area contributed by atoms with Gasteiger partial charge in [-0.2, -0.15) is 5.26 Å². The SMILES string of the molecule is C1CC2CNCC2C1.CC.N#Cc1cc2c(Br)c(NC3CCCCC3)ncc2o1. The molecule has 2 saturated carbocycles. The van der Waals surface area contributed by atoms with Crippen LogP contribution in [0.25, 0.3) is 11.0 Å². The molecule has 2 atom stereocenters. The van der Waals surface area contributed by atoms with E-state index in [4.69, 9.17) is 9.68 Å². The zero-order valence-corrected chi connectivity index (χ0v) is 19.2. The molecule has 2 aliphatic carbocycles. The fraction of sp³-hybridized carbons (Fsp3) is 0.652. The fourth-order valence-corrected chi connectivity index (χ4v) is 5.21. The molecule has 2 aromatic heterocycles. The number of rotatable bonds is 2. The van der Waals surface area contributed by atoms with E-state index in [9.17, 15) is 0 Å². The minimum Gasteiger partial charge on any atom is -0.444 e. The molecule has 5 rings (SSSR count). The molecule has 0 bridgehead atoms. The number of nitrogens with one attached hydrogen (secondary N) is 2. The summed E-state index contributed by atoms with van der Waals surface area (Å²) >= 11 is 3.56. The number of hydrogen-bond acceptors (Lipinski definition) is 5. The van der Waals surface area contributed by atoms with Crippen LogP contribution in [-0.4, -0.2) is 24.1 Å². The van der Waals surface area contributed by atoms with Crippen LogP contribution in [0.15, 0.2) is 21.2 Å². The van der Waals surface area contributed by atoms with E-state index in [2.05, 4.69) is 31.5 Å². The molecule has 2 aromatic rings. The van der Waals surface area contributed by atoms with Crippen LogP contribution < -0.4 is 10.6 Å². The maximum atomic E-state index is 8.86. The van der Waals surface area contributed by atoms with Crippen molar-refractivity contribution < 1.29 is 4.42 Å². The summed E-state index contributed by atoms with van der Waals surface area (Å²) in [6.45, 7) is 6.62. The van der Waals surface area contributed by atoms with Crippen LogP contribution in [0.3, 0.4) is 0 Å². The van der Waals surface area contributed by atoms with Crippen LogP contribution in [0.5, 0.6) is 0 Å². The molecule has 0 radical (unpaired) electrons. The van der Waals surface area contributed by atoms with Crippen LogP contribution in [0.4, 0.5) is 5.82 Å². The van der Waals surface area contributed by atoms with Gasteiger partial charge in [0, 0.05) is 17.5 Å². The number of fused-ring (bicyclic) bond motifs is 2. The number of nitrogens with zero attached hydrogens (tertiary/aromatic N) is 2. The summed E-state index contributed by atoms with van der Waals surface area (Å²) in [5, 5.41) is 16.7. The van der Waals surface area contributed by atoms with Crippen molar-refractivity contribution in [2.45, 2.75) is 71.3 Å². The second-order valence-corrected chi connectivity index (χ2v) is 8.80. The average Bonchev–Trinajstić information content (AvgIpc) is 3.49. The molecule has 3 aliphatic rings. The number of aromatic nitrogens is 1. The molecular formula is C23H33BrN4O. The summed E-state index contributed by atoms with van der Waals surface area (Å²) in [5.74, 6) is 3.28. The summed E-state index contributed by atoms with van der Waals surface area (Å²) in [6.07, 6.45) is 12.4. The summed E-state index contributed by atoms with van der Waals surface area (Å²) < 4.78 is 6.24. The lowest BCUT2D eigenvalue weighted by Gasteiger charge is -2.23. The first-order valence-corrected chi connectivity index (χ1v) is 12.0. The Hall–Kier alpha value is -1.58. The van der Waals surface area contributed by atoms with Gasteiger partial charge in [-0.05, 0) is 66.5 Å². The van der Waals surface area contributed by atoms with Gasteiger partial charge in [-0.25, -0.2) is 4.98 Å². The van der Waals surface area contributed by atoms with Crippen molar-refractivity contribution in [2.75, 3.05) is 18.4 Å². The lowest BCUT2D eigenvalue weighted by Crippen LogP contribution is -2.23. The highest BCUT2D eigenvalue weighted by atomic mass is 79.9. The Morgan fingerprint density at radius 3 is 2.45 bits per heavy atom. The number of nitriles is 1. The highest BCUT2D eigenvalue weighted by molar-refractivity contribution is 9.10. The Morgan fingerprint density at radius 2 is 1.79 bits per heavy atom. The first-order valence-electron chi connectivity index (χ1n) is 11.2. The molecule has 6 heteroatoms. The molecule has 3 fully saturated rings. The van der Waals surface area contributed by atoms with Gasteiger partial charge in [-0.3, -0.25) is 0 Å². The largest absolute Gasteiger partial charge is 0.444 e. The van der Waals surface area contributed by atoms with Crippen LogP contribution in [-0.2, 0) is 0 Å². The lowest BCUT2D eigenvalue weighted by atomic mass is 9.95. The minimum atomic E-state index is 0.312. The van der Waals surface area contributed by atoms with E-state index in [0.29, 0.717) is 17.4 Å². The molecule has 2 unspecified atom stereocenters. The van der Waals surface area contributed by atoms with Gasteiger partial charge >= 0.3 is 0 Å². The zero-order chi connectivity index (χ0) is 20.6. The molecule has 0 aromatic carbocycles. The quantitative estimate of drug-likeness (QED) is 0.554. The van der Waals surface area contributed by atoms with Crippen molar-refractivity contribution in [1.29, 1.82) is 5.26 Å². The number of halogens is 1. The van der Waals surface area contributed by atoms with Gasteiger partial charge in [-0.1, -0.05) is 39.5 Å². The first-order chi connectivity index (χ1) is 14.2. The zero-order valence-electron chi connectivity index (χ0n) is 17.6. The van der Waals surface area contributed by atoms with Gasteiger partial charge in [0.15, 0.2) is 5.58 Å². The smallest absolute Gasteiger partial charge is 0.204 e. The second kappa shape index (κ2) is 11.0. The Kier molecular flexibility index (Phi) is 8.38. The van der Waals surface area contributed by atoms with E-state index in [0.717, 1.165) is 27.5 Å². The highest BCUT2D eigenvalue weighted by Crippen LogP contribution is 2.34. The number of anilines is 1. The maximum absolute atomic E-state index is 8.86. The van der Waals surface area contributed by atoms with Crippen LogP contribution in [0.1, 0.15) is 71.0 Å². The van der Waals surface area contributed by atoms with Crippen molar-refractivity contribution >= 4 is 32.7 Å². The number of pyridine rings is 1. The molecule has 1 saturated heterocycles. The summed E-state index contributed by atoms with van der Waals surface area (Å²) in [5.41, 5.74) is 0.637. The summed E-state index contributed by atoms with van der Waals surface area (Å²) in [4.78, 5) is 4.39. The lowest BCUT2D eigenvalue weighted by molar-refractivity contribution is 0.461. The Balaban J connectivity index is 0.000000199. The number of hydrogen-bond donors (Lipinski definition) is 2. The van der Waals surface area contributed by atoms with Crippen LogP contribution >= 0.6 is 15.9 Å². The fourth-order valence-electron chi connectivity index (χ4n) is 4.68. The normalized spacial score (nSPS) is 23.4. The Labute approximate surface area is 182 Å². The maximum Gasteiger partial charge on any atom is 0.204 e. The third kappa shape index (κ3) is 5.52. The van der Waals surface area contributed by atoms with Gasteiger partial charge in [0.1, 0.15) is 11.9 Å². The molecular weight excluding hydrogens is 428 g/mol. The molecule has 2 N–H and O–H groups in total. The molecule has 3 heterocycles. The predicted molar refractivity (Wildman–Crippen MR) is 122 cm³/mol. The highest BCUT2D eigenvalue weighted by Gasteiger charge is 2.30. The molecule has 29 heavy (non-hydrogen) atoms. The van der Waals surface area contributed by atoms with E-state index in [1.165, 1.54) is 64.5 Å². The van der Waals surface area contributed by atoms with Crippen molar-refractivity contribution in [1.82, 2.24) is 10.3 Å². The standard InChI is InChI=1S/C14H14BrN3O.C7H13N.C2H6/c15-13-11-6-10(7-16)19-12(11)8-17-14(13)18-9-4-2-1-3-5-9;1-2-6-4-8-5-7(6)3-1;1-2/h6,8-9H,1-5H2,(H,17,18);6-8H,1-5H2;1-2H3. The minimum absolute atomic E-state index is 0.312. The molecule has 5 nitrogen and oxygen atoms in total. The molecule has 0 amide bonds. The molecule has 1 aliphatic heterocycles. The first kappa shape index (κ1) is 22.1. The van der Waals surface area contributed by atoms with Gasteiger partial charge in [-0.15, -0.1) is 0 Å². The average molecular weight is 461 g/mol. The summed E-state index contributed by atoms with van der Waals surface area (Å²) in [6, 6.07) is 4.25. The molecule has 0 spiro atoms. The molecule has 158 valence electrons. The van der Waals surface area contributed by atoms with E-state index >= 15 is 0 Å².